The first kappa shape index (κ1) is 18.9. The van der Waals surface area contributed by atoms with E-state index in [2.05, 4.69) is 26.0 Å². The number of fused-ring (bicyclic) bond motifs is 1. The second kappa shape index (κ2) is 7.21. The first-order chi connectivity index (χ1) is 13.8. The highest BCUT2D eigenvalue weighted by molar-refractivity contribution is 5.93. The highest BCUT2D eigenvalue weighted by Gasteiger charge is 2.33. The van der Waals surface area contributed by atoms with Gasteiger partial charge in [0.1, 0.15) is 0 Å². The minimum absolute atomic E-state index is 0.0623. The minimum atomic E-state index is -4.52. The lowest BCUT2D eigenvalue weighted by atomic mass is 10.0. The lowest BCUT2D eigenvalue weighted by Crippen LogP contribution is -2.57. The standard InChI is InChI=1S/C19H17F3N6O/c1-11-8-9-23-18(25-11)26-17(29)15-10-24-16-7-6-14(27-28(15)16)12-4-2-3-5-13(12)19(20,21)22/h2-11,18,23,25H,1H3,(H,26,29). The summed E-state index contributed by atoms with van der Waals surface area (Å²) in [5, 5.41) is 13.1. The molecular weight excluding hydrogens is 385 g/mol. The quantitative estimate of drug-likeness (QED) is 0.627. The van der Waals surface area contributed by atoms with Crippen molar-refractivity contribution in [2.75, 3.05) is 0 Å². The zero-order valence-corrected chi connectivity index (χ0v) is 15.2. The second-order valence-corrected chi connectivity index (χ2v) is 6.56. The van der Waals surface area contributed by atoms with Gasteiger partial charge in [0, 0.05) is 11.6 Å². The van der Waals surface area contributed by atoms with Crippen molar-refractivity contribution >= 4 is 11.6 Å². The van der Waals surface area contributed by atoms with Crippen molar-refractivity contribution in [3.8, 4) is 11.3 Å². The van der Waals surface area contributed by atoms with Crippen LogP contribution in [0.1, 0.15) is 23.0 Å². The molecule has 150 valence electrons. The third-order valence-corrected chi connectivity index (χ3v) is 4.46. The van der Waals surface area contributed by atoms with Crippen molar-refractivity contribution < 1.29 is 18.0 Å². The number of nitrogens with zero attached hydrogens (tertiary/aromatic N) is 3. The first-order valence-corrected chi connectivity index (χ1v) is 8.84. The van der Waals surface area contributed by atoms with Gasteiger partial charge in [-0.25, -0.2) is 9.50 Å². The van der Waals surface area contributed by atoms with Gasteiger partial charge >= 0.3 is 6.18 Å². The lowest BCUT2D eigenvalue weighted by molar-refractivity contribution is -0.137. The van der Waals surface area contributed by atoms with E-state index in [0.717, 1.165) is 6.07 Å². The molecule has 0 aliphatic carbocycles. The van der Waals surface area contributed by atoms with Crippen molar-refractivity contribution in [2.24, 2.45) is 0 Å². The molecule has 2 unspecified atom stereocenters. The molecule has 2 aromatic heterocycles. The molecular formula is C19H17F3N6O. The molecule has 4 rings (SSSR count). The van der Waals surface area contributed by atoms with Gasteiger partial charge in [-0.05, 0) is 31.3 Å². The van der Waals surface area contributed by atoms with Gasteiger partial charge in [0.05, 0.1) is 17.5 Å². The molecule has 1 amide bonds. The number of carbonyl (C=O) groups is 1. The molecule has 0 spiro atoms. The van der Waals surface area contributed by atoms with Crippen LogP contribution in [0.15, 0.2) is 54.9 Å². The molecule has 10 heteroatoms. The summed E-state index contributed by atoms with van der Waals surface area (Å²) in [5.74, 6) is -0.473. The van der Waals surface area contributed by atoms with Gasteiger partial charge in [-0.3, -0.25) is 10.1 Å². The SMILES string of the molecule is CC1C=CNC(NC(=O)c2cnc3ccc(-c4ccccc4C(F)(F)F)nn23)N1. The first-order valence-electron chi connectivity index (χ1n) is 8.84. The molecule has 0 radical (unpaired) electrons. The minimum Gasteiger partial charge on any atom is -0.359 e. The van der Waals surface area contributed by atoms with E-state index in [-0.39, 0.29) is 23.0 Å². The van der Waals surface area contributed by atoms with Crippen molar-refractivity contribution in [1.29, 1.82) is 0 Å². The van der Waals surface area contributed by atoms with Crippen LogP contribution >= 0.6 is 0 Å². The Hall–Kier alpha value is -3.40. The van der Waals surface area contributed by atoms with Crippen molar-refractivity contribution in [1.82, 2.24) is 30.5 Å². The summed E-state index contributed by atoms with van der Waals surface area (Å²) in [5.41, 5.74) is -0.327. The Kier molecular flexibility index (Phi) is 4.71. The number of imidazole rings is 1. The van der Waals surface area contributed by atoms with Crippen LogP contribution in [0.2, 0.25) is 0 Å². The smallest absolute Gasteiger partial charge is 0.359 e. The molecule has 0 saturated carbocycles. The van der Waals surface area contributed by atoms with Crippen LogP contribution in [-0.2, 0) is 6.18 Å². The lowest BCUT2D eigenvalue weighted by Gasteiger charge is -2.26. The predicted molar refractivity (Wildman–Crippen MR) is 99.6 cm³/mol. The largest absolute Gasteiger partial charge is 0.417 e. The average Bonchev–Trinajstić information content (AvgIpc) is 3.10. The van der Waals surface area contributed by atoms with Gasteiger partial charge in [0.15, 0.2) is 17.6 Å². The fourth-order valence-electron chi connectivity index (χ4n) is 3.08. The Labute approximate surface area is 163 Å². The summed E-state index contributed by atoms with van der Waals surface area (Å²) in [6.45, 7) is 1.93. The molecule has 1 aliphatic rings. The summed E-state index contributed by atoms with van der Waals surface area (Å²) in [4.78, 5) is 16.8. The maximum absolute atomic E-state index is 13.4. The van der Waals surface area contributed by atoms with Crippen LogP contribution in [0.5, 0.6) is 0 Å². The third kappa shape index (κ3) is 3.79. The van der Waals surface area contributed by atoms with Crippen molar-refractivity contribution in [3.05, 3.63) is 66.1 Å². The van der Waals surface area contributed by atoms with Gasteiger partial charge in [-0.1, -0.05) is 24.3 Å². The maximum atomic E-state index is 13.4. The summed E-state index contributed by atoms with van der Waals surface area (Å²) in [7, 11) is 0. The number of hydrogen-bond donors (Lipinski definition) is 3. The highest BCUT2D eigenvalue weighted by Crippen LogP contribution is 2.36. The highest BCUT2D eigenvalue weighted by atomic mass is 19.4. The molecule has 0 saturated heterocycles. The Morgan fingerprint density at radius 1 is 1.21 bits per heavy atom. The van der Waals surface area contributed by atoms with E-state index in [0.29, 0.717) is 5.65 Å². The van der Waals surface area contributed by atoms with Gasteiger partial charge in [0.25, 0.3) is 5.91 Å². The summed E-state index contributed by atoms with van der Waals surface area (Å²) >= 11 is 0. The third-order valence-electron chi connectivity index (χ3n) is 4.46. The Balaban J connectivity index is 1.69. The number of aromatic nitrogens is 3. The second-order valence-electron chi connectivity index (χ2n) is 6.56. The van der Waals surface area contributed by atoms with Crippen LogP contribution in [-0.4, -0.2) is 32.8 Å². The molecule has 3 aromatic rings. The number of halogens is 3. The number of rotatable bonds is 3. The topological polar surface area (TPSA) is 83.3 Å². The van der Waals surface area contributed by atoms with Gasteiger partial charge < -0.3 is 10.6 Å². The fraction of sp³-hybridized carbons (Fsp3) is 0.211. The van der Waals surface area contributed by atoms with Gasteiger partial charge in [-0.2, -0.15) is 18.3 Å². The Morgan fingerprint density at radius 3 is 2.76 bits per heavy atom. The van der Waals surface area contributed by atoms with E-state index in [1.54, 1.807) is 6.20 Å². The number of benzene rings is 1. The van der Waals surface area contributed by atoms with E-state index in [4.69, 9.17) is 0 Å². The summed E-state index contributed by atoms with van der Waals surface area (Å²) in [6.07, 6.45) is -0.0695. The number of carbonyl (C=O) groups excluding carboxylic acids is 1. The zero-order chi connectivity index (χ0) is 20.6. The van der Waals surface area contributed by atoms with E-state index < -0.39 is 23.9 Å². The number of hydrogen-bond acceptors (Lipinski definition) is 5. The molecule has 0 bridgehead atoms. The van der Waals surface area contributed by atoms with Crippen LogP contribution in [0.3, 0.4) is 0 Å². The molecule has 1 aliphatic heterocycles. The van der Waals surface area contributed by atoms with Crippen molar-refractivity contribution in [3.63, 3.8) is 0 Å². The maximum Gasteiger partial charge on any atom is 0.417 e. The monoisotopic (exact) mass is 402 g/mol. The summed E-state index contributed by atoms with van der Waals surface area (Å²) < 4.78 is 41.3. The number of amides is 1. The Morgan fingerprint density at radius 2 is 2.00 bits per heavy atom. The molecule has 29 heavy (non-hydrogen) atoms. The summed E-state index contributed by atoms with van der Waals surface area (Å²) in [6, 6.07) is 8.20. The van der Waals surface area contributed by atoms with E-state index in [1.165, 1.54) is 41.0 Å². The molecule has 1 aromatic carbocycles. The number of nitrogens with one attached hydrogen (secondary N) is 3. The van der Waals surface area contributed by atoms with Gasteiger partial charge in [0.2, 0.25) is 0 Å². The predicted octanol–water partition coefficient (Wildman–Crippen LogP) is 2.52. The van der Waals surface area contributed by atoms with E-state index >= 15 is 0 Å². The van der Waals surface area contributed by atoms with E-state index in [1.807, 2.05) is 13.0 Å². The Bertz CT molecular complexity index is 1090. The molecule has 0 fully saturated rings. The zero-order valence-electron chi connectivity index (χ0n) is 15.2. The van der Waals surface area contributed by atoms with Crippen LogP contribution in [0, 0.1) is 0 Å². The van der Waals surface area contributed by atoms with Crippen LogP contribution in [0.4, 0.5) is 13.2 Å². The van der Waals surface area contributed by atoms with Crippen LogP contribution < -0.4 is 16.0 Å². The molecule has 3 N–H and O–H groups in total. The van der Waals surface area contributed by atoms with Crippen LogP contribution in [0.25, 0.3) is 16.9 Å². The normalized spacial score (nSPS) is 19.2. The molecule has 3 heterocycles. The fourth-order valence-corrected chi connectivity index (χ4v) is 3.08. The molecule has 7 nitrogen and oxygen atoms in total. The van der Waals surface area contributed by atoms with Gasteiger partial charge in [-0.15, -0.1) is 0 Å². The molecule has 2 atom stereocenters. The number of alkyl halides is 3. The van der Waals surface area contributed by atoms with Crippen molar-refractivity contribution in [2.45, 2.75) is 25.4 Å². The average molecular weight is 402 g/mol. The van der Waals surface area contributed by atoms with E-state index in [9.17, 15) is 18.0 Å².